The lowest BCUT2D eigenvalue weighted by Crippen LogP contribution is -2.03. The van der Waals surface area contributed by atoms with Crippen molar-refractivity contribution in [2.24, 2.45) is 0 Å². The van der Waals surface area contributed by atoms with E-state index in [9.17, 15) is 4.79 Å². The molecule has 0 aromatic heterocycles. The normalized spacial score (nSPS) is 10.1. The highest BCUT2D eigenvalue weighted by Crippen LogP contribution is 2.26. The van der Waals surface area contributed by atoms with Gasteiger partial charge in [0.25, 0.3) is 0 Å². The van der Waals surface area contributed by atoms with Crippen molar-refractivity contribution < 1.29 is 19.4 Å². The van der Waals surface area contributed by atoms with Crippen LogP contribution in [-0.2, 0) is 11.2 Å². The van der Waals surface area contributed by atoms with Crippen LogP contribution in [0.4, 0.5) is 0 Å². The van der Waals surface area contributed by atoms with E-state index in [1.165, 1.54) is 0 Å². The Balaban J connectivity index is 2.75. The molecule has 0 aliphatic heterocycles. The zero-order valence-corrected chi connectivity index (χ0v) is 10.9. The Morgan fingerprint density at radius 1 is 1.39 bits per heavy atom. The SMILES string of the molecule is CCCCOc1cc(OC)ccc1CCC(=O)O. The second-order valence-corrected chi connectivity index (χ2v) is 4.07. The number of carboxylic acids is 1. The molecular formula is C14H20O4. The molecule has 0 heterocycles. The molecule has 18 heavy (non-hydrogen) atoms. The number of hydrogen-bond acceptors (Lipinski definition) is 3. The molecule has 1 aromatic rings. The Hall–Kier alpha value is -1.71. The van der Waals surface area contributed by atoms with Gasteiger partial charge >= 0.3 is 5.97 Å². The summed E-state index contributed by atoms with van der Waals surface area (Å²) < 4.78 is 10.8. The Morgan fingerprint density at radius 2 is 2.17 bits per heavy atom. The number of carboxylic acid groups (broad SMARTS) is 1. The van der Waals surface area contributed by atoms with Crippen molar-refractivity contribution in [3.8, 4) is 11.5 Å². The molecule has 0 aliphatic rings. The monoisotopic (exact) mass is 252 g/mol. The van der Waals surface area contributed by atoms with Crippen molar-refractivity contribution in [1.82, 2.24) is 0 Å². The highest BCUT2D eigenvalue weighted by Gasteiger charge is 2.08. The second kappa shape index (κ2) is 7.58. The Labute approximate surface area is 108 Å². The Morgan fingerprint density at radius 3 is 2.78 bits per heavy atom. The van der Waals surface area contributed by atoms with Gasteiger partial charge in [-0.3, -0.25) is 4.79 Å². The first-order valence-corrected chi connectivity index (χ1v) is 6.19. The molecule has 0 unspecified atom stereocenters. The molecule has 0 saturated heterocycles. The fourth-order valence-corrected chi connectivity index (χ4v) is 1.57. The van der Waals surface area contributed by atoms with Gasteiger partial charge in [0.2, 0.25) is 0 Å². The maximum absolute atomic E-state index is 10.6. The third-order valence-corrected chi connectivity index (χ3v) is 2.64. The van der Waals surface area contributed by atoms with E-state index in [1.54, 1.807) is 7.11 Å². The van der Waals surface area contributed by atoms with Crippen LogP contribution in [0.3, 0.4) is 0 Å². The van der Waals surface area contributed by atoms with Gasteiger partial charge in [-0.2, -0.15) is 0 Å². The topological polar surface area (TPSA) is 55.8 Å². The molecule has 0 aliphatic carbocycles. The highest BCUT2D eigenvalue weighted by molar-refractivity contribution is 5.67. The fraction of sp³-hybridized carbons (Fsp3) is 0.500. The molecule has 4 heteroatoms. The zero-order valence-electron chi connectivity index (χ0n) is 10.9. The zero-order chi connectivity index (χ0) is 13.4. The van der Waals surface area contributed by atoms with E-state index in [-0.39, 0.29) is 6.42 Å². The molecule has 0 fully saturated rings. The van der Waals surface area contributed by atoms with Gasteiger partial charge in [-0.1, -0.05) is 19.4 Å². The first-order valence-electron chi connectivity index (χ1n) is 6.19. The summed E-state index contributed by atoms with van der Waals surface area (Å²) in [5.74, 6) is 0.648. The fourth-order valence-electron chi connectivity index (χ4n) is 1.57. The minimum atomic E-state index is -0.801. The molecule has 4 nitrogen and oxygen atoms in total. The van der Waals surface area contributed by atoms with Crippen molar-refractivity contribution >= 4 is 5.97 Å². The minimum absolute atomic E-state index is 0.108. The molecule has 0 radical (unpaired) electrons. The molecule has 0 spiro atoms. The van der Waals surface area contributed by atoms with Crippen LogP contribution in [0.1, 0.15) is 31.7 Å². The highest BCUT2D eigenvalue weighted by atomic mass is 16.5. The van der Waals surface area contributed by atoms with E-state index >= 15 is 0 Å². The molecule has 0 bridgehead atoms. The molecule has 0 saturated carbocycles. The van der Waals surface area contributed by atoms with Gasteiger partial charge in [0.05, 0.1) is 13.7 Å². The number of hydrogen-bond donors (Lipinski definition) is 1. The van der Waals surface area contributed by atoms with Crippen molar-refractivity contribution in [2.45, 2.75) is 32.6 Å². The molecule has 100 valence electrons. The standard InChI is InChI=1S/C14H20O4/c1-3-4-9-18-13-10-12(17-2)7-5-11(13)6-8-14(15)16/h5,7,10H,3-4,6,8-9H2,1-2H3,(H,15,16). The lowest BCUT2D eigenvalue weighted by Gasteiger charge is -2.12. The van der Waals surface area contributed by atoms with Crippen molar-refractivity contribution in [2.75, 3.05) is 13.7 Å². The molecule has 1 N–H and O–H groups in total. The number of benzene rings is 1. The number of ether oxygens (including phenoxy) is 2. The van der Waals surface area contributed by atoms with Crippen molar-refractivity contribution in [3.05, 3.63) is 23.8 Å². The van der Waals surface area contributed by atoms with Crippen LogP contribution < -0.4 is 9.47 Å². The maximum atomic E-state index is 10.6. The first-order chi connectivity index (χ1) is 8.67. The minimum Gasteiger partial charge on any atom is -0.497 e. The van der Waals surface area contributed by atoms with E-state index < -0.39 is 5.97 Å². The number of aliphatic carboxylic acids is 1. The number of rotatable bonds is 8. The van der Waals surface area contributed by atoms with Crippen LogP contribution in [0.25, 0.3) is 0 Å². The van der Waals surface area contributed by atoms with E-state index in [1.807, 2.05) is 18.2 Å². The largest absolute Gasteiger partial charge is 0.497 e. The van der Waals surface area contributed by atoms with E-state index in [2.05, 4.69) is 6.92 Å². The lowest BCUT2D eigenvalue weighted by atomic mass is 10.1. The molecule has 0 amide bonds. The first kappa shape index (κ1) is 14.4. The average molecular weight is 252 g/mol. The van der Waals surface area contributed by atoms with E-state index in [4.69, 9.17) is 14.6 Å². The summed E-state index contributed by atoms with van der Waals surface area (Å²) in [5, 5.41) is 8.72. The molecule has 1 rings (SSSR count). The summed E-state index contributed by atoms with van der Waals surface area (Å²) >= 11 is 0. The Bertz CT molecular complexity index is 387. The van der Waals surface area contributed by atoms with Crippen LogP contribution in [0.5, 0.6) is 11.5 Å². The van der Waals surface area contributed by atoms with Gasteiger partial charge < -0.3 is 14.6 Å². The van der Waals surface area contributed by atoms with E-state index in [0.717, 1.165) is 29.9 Å². The number of unbranched alkanes of at least 4 members (excludes halogenated alkanes) is 1. The maximum Gasteiger partial charge on any atom is 0.303 e. The lowest BCUT2D eigenvalue weighted by molar-refractivity contribution is -0.136. The Kier molecular flexibility index (Phi) is 6.05. The molecular weight excluding hydrogens is 232 g/mol. The van der Waals surface area contributed by atoms with Crippen molar-refractivity contribution in [1.29, 1.82) is 0 Å². The van der Waals surface area contributed by atoms with Crippen LogP contribution in [-0.4, -0.2) is 24.8 Å². The summed E-state index contributed by atoms with van der Waals surface area (Å²) in [6, 6.07) is 5.50. The summed E-state index contributed by atoms with van der Waals surface area (Å²) in [4.78, 5) is 10.6. The summed E-state index contributed by atoms with van der Waals surface area (Å²) in [6.07, 6.45) is 2.63. The van der Waals surface area contributed by atoms with Crippen LogP contribution in [0.15, 0.2) is 18.2 Å². The number of methoxy groups -OCH3 is 1. The number of aryl methyl sites for hydroxylation is 1. The quantitative estimate of drug-likeness (QED) is 0.723. The van der Waals surface area contributed by atoms with Gasteiger partial charge in [0, 0.05) is 12.5 Å². The summed E-state index contributed by atoms with van der Waals surface area (Å²) in [7, 11) is 1.60. The van der Waals surface area contributed by atoms with Crippen LogP contribution in [0, 0.1) is 0 Å². The van der Waals surface area contributed by atoms with Crippen LogP contribution in [0.2, 0.25) is 0 Å². The number of carbonyl (C=O) groups is 1. The average Bonchev–Trinajstić information content (AvgIpc) is 2.37. The predicted octanol–water partition coefficient (Wildman–Crippen LogP) is 2.89. The van der Waals surface area contributed by atoms with E-state index in [0.29, 0.717) is 13.0 Å². The third-order valence-electron chi connectivity index (χ3n) is 2.64. The van der Waals surface area contributed by atoms with Gasteiger partial charge in [-0.05, 0) is 24.5 Å². The molecule has 1 aromatic carbocycles. The predicted molar refractivity (Wildman–Crippen MR) is 69.4 cm³/mol. The van der Waals surface area contributed by atoms with Gasteiger partial charge in [-0.25, -0.2) is 0 Å². The van der Waals surface area contributed by atoms with Crippen LogP contribution >= 0.6 is 0 Å². The summed E-state index contributed by atoms with van der Waals surface area (Å²) in [6.45, 7) is 2.74. The smallest absolute Gasteiger partial charge is 0.303 e. The third kappa shape index (κ3) is 4.65. The van der Waals surface area contributed by atoms with Gasteiger partial charge in [0.1, 0.15) is 11.5 Å². The molecule has 0 atom stereocenters. The van der Waals surface area contributed by atoms with Gasteiger partial charge in [0.15, 0.2) is 0 Å². The van der Waals surface area contributed by atoms with Gasteiger partial charge in [-0.15, -0.1) is 0 Å². The second-order valence-electron chi connectivity index (χ2n) is 4.07. The van der Waals surface area contributed by atoms with Crippen molar-refractivity contribution in [3.63, 3.8) is 0 Å². The summed E-state index contributed by atoms with van der Waals surface area (Å²) in [5.41, 5.74) is 0.911.